The number of carbonyl (C=O) groups is 1. The van der Waals surface area contributed by atoms with Gasteiger partial charge in [-0.2, -0.15) is 13.2 Å². The molecule has 1 aromatic carbocycles. The maximum absolute atomic E-state index is 12.4. The van der Waals surface area contributed by atoms with Gasteiger partial charge < -0.3 is 19.1 Å². The van der Waals surface area contributed by atoms with Gasteiger partial charge >= 0.3 is 6.18 Å². The number of likely N-dealkylation sites (tertiary alicyclic amines) is 1. The first-order chi connectivity index (χ1) is 11.9. The molecular weight excluding hydrogens is 339 g/mol. The van der Waals surface area contributed by atoms with E-state index in [0.717, 1.165) is 18.4 Å². The lowest BCUT2D eigenvalue weighted by Gasteiger charge is -2.27. The van der Waals surface area contributed by atoms with Crippen LogP contribution < -0.4 is 9.47 Å². The van der Waals surface area contributed by atoms with E-state index in [1.165, 1.54) is 0 Å². The first-order valence-electron chi connectivity index (χ1n) is 8.27. The number of fused-ring (bicyclic) bond motifs is 1. The average molecular weight is 359 g/mol. The lowest BCUT2D eigenvalue weighted by Crippen LogP contribution is -2.31. The molecular formula is C17H20F3NO4. The van der Waals surface area contributed by atoms with E-state index in [9.17, 15) is 18.0 Å². The predicted molar refractivity (Wildman–Crippen MR) is 82.6 cm³/mol. The molecule has 0 aliphatic carbocycles. The highest BCUT2D eigenvalue weighted by Gasteiger charge is 2.31. The number of hydrogen-bond donors (Lipinski definition) is 0. The number of hydrogen-bond acceptors (Lipinski definition) is 4. The molecule has 0 unspecified atom stereocenters. The largest absolute Gasteiger partial charge is 0.486 e. The van der Waals surface area contributed by atoms with Crippen molar-refractivity contribution in [1.29, 1.82) is 0 Å². The van der Waals surface area contributed by atoms with Crippen LogP contribution in [0.2, 0.25) is 0 Å². The minimum Gasteiger partial charge on any atom is -0.486 e. The van der Waals surface area contributed by atoms with Crippen LogP contribution in [0.4, 0.5) is 13.2 Å². The molecule has 0 bridgehead atoms. The van der Waals surface area contributed by atoms with Gasteiger partial charge in [0.2, 0.25) is 5.91 Å². The highest BCUT2D eigenvalue weighted by Crippen LogP contribution is 2.38. The molecule has 25 heavy (non-hydrogen) atoms. The van der Waals surface area contributed by atoms with E-state index in [-0.39, 0.29) is 25.0 Å². The molecule has 1 atom stereocenters. The van der Waals surface area contributed by atoms with Crippen molar-refractivity contribution >= 4 is 5.91 Å². The summed E-state index contributed by atoms with van der Waals surface area (Å²) in [4.78, 5) is 14.1. The fourth-order valence-electron chi connectivity index (χ4n) is 3.17. The highest BCUT2D eigenvalue weighted by atomic mass is 19.4. The topological polar surface area (TPSA) is 48.0 Å². The number of benzene rings is 1. The minimum absolute atomic E-state index is 0.0584. The molecule has 0 saturated carbocycles. The third-order valence-electron chi connectivity index (χ3n) is 4.25. The van der Waals surface area contributed by atoms with Gasteiger partial charge in [-0.05, 0) is 30.5 Å². The second-order valence-corrected chi connectivity index (χ2v) is 6.07. The predicted octanol–water partition coefficient (Wildman–Crippen LogP) is 3.09. The van der Waals surface area contributed by atoms with Crippen molar-refractivity contribution < 1.29 is 32.2 Å². The van der Waals surface area contributed by atoms with Crippen molar-refractivity contribution in [3.63, 3.8) is 0 Å². The molecule has 2 aliphatic rings. The Morgan fingerprint density at radius 2 is 2.00 bits per heavy atom. The number of alkyl halides is 3. The average Bonchev–Trinajstić information content (AvgIpc) is 3.07. The van der Waals surface area contributed by atoms with E-state index in [2.05, 4.69) is 4.74 Å². The second-order valence-electron chi connectivity index (χ2n) is 6.07. The fraction of sp³-hybridized carbons (Fsp3) is 0.588. The number of halogens is 3. The molecule has 5 nitrogen and oxygen atoms in total. The van der Waals surface area contributed by atoms with Crippen molar-refractivity contribution in [3.8, 4) is 11.5 Å². The Labute approximate surface area is 143 Å². The van der Waals surface area contributed by atoms with Crippen LogP contribution in [0.15, 0.2) is 18.2 Å². The molecule has 1 saturated heterocycles. The molecule has 0 aromatic heterocycles. The Morgan fingerprint density at radius 3 is 2.76 bits per heavy atom. The van der Waals surface area contributed by atoms with Crippen LogP contribution in [-0.4, -0.2) is 50.0 Å². The molecule has 3 rings (SSSR count). The van der Waals surface area contributed by atoms with Gasteiger partial charge in [-0.1, -0.05) is 6.07 Å². The Balaban J connectivity index is 1.59. The molecule has 138 valence electrons. The van der Waals surface area contributed by atoms with E-state index in [1.54, 1.807) is 4.90 Å². The van der Waals surface area contributed by atoms with Gasteiger partial charge in [0.05, 0.1) is 19.1 Å². The zero-order valence-electron chi connectivity index (χ0n) is 13.7. The summed E-state index contributed by atoms with van der Waals surface area (Å²) >= 11 is 0. The SMILES string of the molecule is O=C(CCOCC(F)(F)F)N1CCC[C@H]1c1ccc2c(c1)OCCO2. The number of ether oxygens (including phenoxy) is 3. The first-order valence-corrected chi connectivity index (χ1v) is 8.27. The van der Waals surface area contributed by atoms with Crippen molar-refractivity contribution in [2.45, 2.75) is 31.5 Å². The first kappa shape index (κ1) is 17.8. The van der Waals surface area contributed by atoms with Crippen LogP contribution in [-0.2, 0) is 9.53 Å². The molecule has 1 amide bonds. The summed E-state index contributed by atoms with van der Waals surface area (Å²) in [6.07, 6.45) is -2.76. The van der Waals surface area contributed by atoms with Gasteiger partial charge in [0, 0.05) is 6.54 Å². The smallest absolute Gasteiger partial charge is 0.411 e. The zero-order valence-corrected chi connectivity index (χ0v) is 13.7. The second kappa shape index (κ2) is 7.51. The standard InChI is InChI=1S/C17H20F3NO4/c18-17(19,20)11-23-7-5-16(22)21-6-1-2-13(21)12-3-4-14-15(10-12)25-9-8-24-14/h3-4,10,13H,1-2,5-9,11H2/t13-/m0/s1. The van der Waals surface area contributed by atoms with Crippen LogP contribution >= 0.6 is 0 Å². The van der Waals surface area contributed by atoms with Gasteiger partial charge in [0.25, 0.3) is 0 Å². The van der Waals surface area contributed by atoms with Gasteiger partial charge in [0.15, 0.2) is 11.5 Å². The van der Waals surface area contributed by atoms with Crippen LogP contribution in [0.5, 0.6) is 11.5 Å². The minimum atomic E-state index is -4.37. The zero-order chi connectivity index (χ0) is 17.9. The van der Waals surface area contributed by atoms with E-state index >= 15 is 0 Å². The van der Waals surface area contributed by atoms with Crippen LogP contribution in [0, 0.1) is 0 Å². The van der Waals surface area contributed by atoms with Gasteiger partial charge in [-0.25, -0.2) is 0 Å². The third-order valence-corrected chi connectivity index (χ3v) is 4.25. The van der Waals surface area contributed by atoms with E-state index in [4.69, 9.17) is 9.47 Å². The van der Waals surface area contributed by atoms with Gasteiger partial charge in [0.1, 0.15) is 19.8 Å². The molecule has 1 aromatic rings. The summed E-state index contributed by atoms with van der Waals surface area (Å²) < 4.78 is 51.8. The van der Waals surface area contributed by atoms with Crippen LogP contribution in [0.25, 0.3) is 0 Å². The van der Waals surface area contributed by atoms with Crippen molar-refractivity contribution in [2.24, 2.45) is 0 Å². The molecule has 1 fully saturated rings. The Morgan fingerprint density at radius 1 is 1.24 bits per heavy atom. The quantitative estimate of drug-likeness (QED) is 0.758. The highest BCUT2D eigenvalue weighted by molar-refractivity contribution is 5.77. The number of amides is 1. The molecule has 0 radical (unpaired) electrons. The monoisotopic (exact) mass is 359 g/mol. The van der Waals surface area contributed by atoms with Gasteiger partial charge in [-0.15, -0.1) is 0 Å². The third kappa shape index (κ3) is 4.56. The van der Waals surface area contributed by atoms with Crippen molar-refractivity contribution in [3.05, 3.63) is 23.8 Å². The number of carbonyl (C=O) groups excluding carboxylic acids is 1. The summed E-state index contributed by atoms with van der Waals surface area (Å²) in [5.74, 6) is 1.16. The number of rotatable bonds is 5. The van der Waals surface area contributed by atoms with E-state index in [1.807, 2.05) is 18.2 Å². The molecule has 0 N–H and O–H groups in total. The summed E-state index contributed by atoms with van der Waals surface area (Å²) in [6.45, 7) is 0.0321. The Kier molecular flexibility index (Phi) is 5.36. The fourth-order valence-corrected chi connectivity index (χ4v) is 3.17. The lowest BCUT2D eigenvalue weighted by molar-refractivity contribution is -0.175. The van der Waals surface area contributed by atoms with E-state index in [0.29, 0.717) is 31.3 Å². The number of nitrogens with zero attached hydrogens (tertiary/aromatic N) is 1. The normalized spacial score (nSPS) is 20.0. The maximum atomic E-state index is 12.4. The molecule has 0 spiro atoms. The summed E-state index contributed by atoms with van der Waals surface area (Å²) in [6, 6.07) is 5.53. The van der Waals surface area contributed by atoms with Crippen LogP contribution in [0.1, 0.15) is 30.9 Å². The maximum Gasteiger partial charge on any atom is 0.411 e. The van der Waals surface area contributed by atoms with Crippen LogP contribution in [0.3, 0.4) is 0 Å². The summed E-state index contributed by atoms with van der Waals surface area (Å²) in [5, 5.41) is 0. The molecule has 8 heteroatoms. The Hall–Kier alpha value is -1.96. The molecule has 2 aliphatic heterocycles. The molecule has 2 heterocycles. The van der Waals surface area contributed by atoms with Crippen molar-refractivity contribution in [1.82, 2.24) is 4.90 Å². The Bertz CT molecular complexity index is 620. The summed E-state index contributed by atoms with van der Waals surface area (Å²) in [5.41, 5.74) is 0.950. The van der Waals surface area contributed by atoms with E-state index < -0.39 is 12.8 Å². The van der Waals surface area contributed by atoms with Crippen molar-refractivity contribution in [2.75, 3.05) is 33.0 Å². The van der Waals surface area contributed by atoms with Gasteiger partial charge in [-0.3, -0.25) is 4.79 Å². The lowest BCUT2D eigenvalue weighted by atomic mass is 10.0. The summed E-state index contributed by atoms with van der Waals surface area (Å²) in [7, 11) is 0.